The molecule has 8 heteroatoms. The van der Waals surface area contributed by atoms with Crippen molar-refractivity contribution in [1.82, 2.24) is 0 Å². The highest BCUT2D eigenvalue weighted by Gasteiger charge is 2.28. The van der Waals surface area contributed by atoms with Crippen molar-refractivity contribution in [3.05, 3.63) is 80.6 Å². The molecule has 0 aliphatic heterocycles. The lowest BCUT2D eigenvalue weighted by molar-refractivity contribution is 0.418. The maximum atomic E-state index is 15.2. The number of rotatable bonds is 2. The van der Waals surface area contributed by atoms with Crippen LogP contribution in [0.2, 0.25) is 0 Å². The maximum Gasteiger partial charge on any atom is 0.198 e. The van der Waals surface area contributed by atoms with Gasteiger partial charge in [0.05, 0.1) is 0 Å². The Labute approximate surface area is 169 Å². The van der Waals surface area contributed by atoms with Crippen LogP contribution in [0, 0.1) is 34.9 Å². The molecule has 0 N–H and O–H groups in total. The predicted octanol–water partition coefficient (Wildman–Crippen LogP) is 4.57. The van der Waals surface area contributed by atoms with E-state index >= 15 is 13.2 Å². The molecular weight excluding hydrogens is 428 g/mol. The molecule has 0 amide bonds. The summed E-state index contributed by atoms with van der Waals surface area (Å²) in [5.74, 6) is -14.9. The second-order valence-corrected chi connectivity index (χ2v) is 6.74. The Balaban J connectivity index is 3.22. The number of fused-ring (bicyclic) bond motifs is 3. The van der Waals surface area contributed by atoms with Crippen LogP contribution >= 0.6 is 0 Å². The summed E-state index contributed by atoms with van der Waals surface area (Å²) in [5.41, 5.74) is -0.465. The summed E-state index contributed by atoms with van der Waals surface area (Å²) in [5, 5.41) is -8.60. The van der Waals surface area contributed by atoms with Crippen LogP contribution in [0.4, 0.5) is 35.1 Å². The van der Waals surface area contributed by atoms with Crippen LogP contribution in [-0.2, 0) is 0 Å². The van der Waals surface area contributed by atoms with Gasteiger partial charge in [-0.1, -0.05) is 26.3 Å². The summed E-state index contributed by atoms with van der Waals surface area (Å²) in [4.78, 5) is 0. The Bertz CT molecular complexity index is 1580. The zero-order chi connectivity index (χ0) is 23.5. The van der Waals surface area contributed by atoms with Crippen LogP contribution in [0.1, 0.15) is 6.92 Å². The Hall–Kier alpha value is -3.42. The second-order valence-electron chi connectivity index (χ2n) is 6.74. The Morgan fingerprint density at radius 1 is 0.645 bits per heavy atom. The zero-order valence-corrected chi connectivity index (χ0v) is 15.9. The molecule has 31 heavy (non-hydrogen) atoms. The third-order valence-corrected chi connectivity index (χ3v) is 4.86. The van der Waals surface area contributed by atoms with E-state index in [0.717, 1.165) is 6.92 Å². The molecule has 0 heterocycles. The number of allylic oxidation sites excluding steroid dienone is 2. The van der Waals surface area contributed by atoms with E-state index in [4.69, 9.17) is 0 Å². The molecule has 0 aliphatic carbocycles. The quantitative estimate of drug-likeness (QED) is 0.237. The topological polar surface area (TPSA) is 0 Å². The summed E-state index contributed by atoms with van der Waals surface area (Å²) in [6.07, 6.45) is 0.474. The maximum absolute atomic E-state index is 15.2. The molecule has 0 fully saturated rings. The largest absolute Gasteiger partial charge is 0.206 e. The summed E-state index contributed by atoms with van der Waals surface area (Å²) in [6.45, 7) is 13.9. The monoisotopic (exact) mass is 440 g/mol. The van der Waals surface area contributed by atoms with Crippen molar-refractivity contribution < 1.29 is 35.1 Å². The minimum atomic E-state index is -2.35. The third kappa shape index (κ3) is 2.89. The predicted molar refractivity (Wildman–Crippen MR) is 105 cm³/mol. The van der Waals surface area contributed by atoms with E-state index in [2.05, 4.69) is 26.3 Å². The fourth-order valence-electron chi connectivity index (χ4n) is 3.38. The lowest BCUT2D eigenvalue weighted by atomic mass is 9.93. The smallest absolute Gasteiger partial charge is 0.198 e. The number of hydrogen-bond acceptors (Lipinski definition) is 0. The van der Waals surface area contributed by atoms with Crippen molar-refractivity contribution in [3.63, 3.8) is 0 Å². The molecule has 160 valence electrons. The van der Waals surface area contributed by atoms with Gasteiger partial charge in [0, 0.05) is 42.4 Å². The molecule has 0 bridgehead atoms. The van der Waals surface area contributed by atoms with E-state index in [1.165, 1.54) is 0 Å². The summed E-state index contributed by atoms with van der Waals surface area (Å²) < 4.78 is 118. The first-order valence-electron chi connectivity index (χ1n) is 8.52. The van der Waals surface area contributed by atoms with Crippen LogP contribution in [0.3, 0.4) is 0 Å². The second kappa shape index (κ2) is 7.37. The molecule has 0 unspecified atom stereocenters. The van der Waals surface area contributed by atoms with Gasteiger partial charge in [-0.15, -0.1) is 0 Å². The van der Waals surface area contributed by atoms with E-state index in [-0.39, 0.29) is 0 Å². The van der Waals surface area contributed by atoms with Gasteiger partial charge in [-0.3, -0.25) is 0 Å². The standard InChI is InChI=1S/C23H12F8/c1-6-10(24)11-12(17(25)7(2)3)15-16(21(29)23(31)22(30)20(15)28)14-13(11)18(26)8(4)9(5)19(14)27/h6H,1-2,4-5H2,3H3/b11-10-,17-12-. The number of halogens is 8. The average Bonchev–Trinajstić information content (AvgIpc) is 2.75. The number of hydrogen-bond donors (Lipinski definition) is 0. The molecule has 0 aromatic heterocycles. The fraction of sp³-hybridized carbons (Fsp3) is 0.0435. The van der Waals surface area contributed by atoms with E-state index in [1.54, 1.807) is 0 Å². The molecule has 3 aromatic carbocycles. The van der Waals surface area contributed by atoms with Crippen molar-refractivity contribution in [1.29, 1.82) is 0 Å². The van der Waals surface area contributed by atoms with Gasteiger partial charge in [0.25, 0.3) is 0 Å². The first kappa shape index (κ1) is 22.3. The van der Waals surface area contributed by atoms with E-state index in [9.17, 15) is 22.0 Å². The normalized spacial score (nSPS) is 13.6. The lowest BCUT2D eigenvalue weighted by Crippen LogP contribution is -2.37. The van der Waals surface area contributed by atoms with E-state index in [1.807, 2.05) is 0 Å². The molecule has 0 atom stereocenters. The van der Waals surface area contributed by atoms with Gasteiger partial charge in [0.15, 0.2) is 23.3 Å². The van der Waals surface area contributed by atoms with Crippen LogP contribution in [0.25, 0.3) is 46.4 Å². The van der Waals surface area contributed by atoms with Crippen molar-refractivity contribution in [3.8, 4) is 0 Å². The van der Waals surface area contributed by atoms with Crippen molar-refractivity contribution in [2.24, 2.45) is 0 Å². The van der Waals surface area contributed by atoms with Crippen LogP contribution in [0.15, 0.2) is 24.8 Å². The SMILES string of the molecule is C=C/C(F)=c1\c(=C(\F)C(=C)C)c2c(F)c(F)c(F)c(F)c2c2c(F)c(=C)c(=C)c(F)c12. The fourth-order valence-corrected chi connectivity index (χ4v) is 3.38. The summed E-state index contributed by atoms with van der Waals surface area (Å²) in [7, 11) is 0. The highest BCUT2D eigenvalue weighted by Crippen LogP contribution is 2.31. The van der Waals surface area contributed by atoms with E-state index < -0.39 is 94.5 Å². The van der Waals surface area contributed by atoms with Gasteiger partial charge in [-0.25, -0.2) is 35.1 Å². The lowest BCUT2D eigenvalue weighted by Gasteiger charge is -2.14. The molecule has 0 saturated carbocycles. The van der Waals surface area contributed by atoms with Crippen LogP contribution in [-0.4, -0.2) is 0 Å². The van der Waals surface area contributed by atoms with Gasteiger partial charge < -0.3 is 0 Å². The molecular formula is C23H12F8. The highest BCUT2D eigenvalue weighted by atomic mass is 19.2. The minimum absolute atomic E-state index is 0.465. The van der Waals surface area contributed by atoms with Crippen molar-refractivity contribution in [2.75, 3.05) is 0 Å². The summed E-state index contributed by atoms with van der Waals surface area (Å²) in [6, 6.07) is 0. The van der Waals surface area contributed by atoms with Crippen molar-refractivity contribution >= 4 is 46.4 Å². The molecule has 0 spiro atoms. The number of benzene rings is 3. The van der Waals surface area contributed by atoms with Gasteiger partial charge in [-0.2, -0.15) is 0 Å². The molecule has 0 radical (unpaired) electrons. The van der Waals surface area contributed by atoms with Crippen LogP contribution in [0.5, 0.6) is 0 Å². The van der Waals surface area contributed by atoms with Gasteiger partial charge >= 0.3 is 0 Å². The van der Waals surface area contributed by atoms with E-state index in [0.29, 0.717) is 6.08 Å². The van der Waals surface area contributed by atoms with Gasteiger partial charge in [0.2, 0.25) is 0 Å². The van der Waals surface area contributed by atoms with Gasteiger partial charge in [0.1, 0.15) is 23.3 Å². The first-order valence-corrected chi connectivity index (χ1v) is 8.52. The Morgan fingerprint density at radius 2 is 1.03 bits per heavy atom. The third-order valence-electron chi connectivity index (χ3n) is 4.86. The molecule has 0 nitrogen and oxygen atoms in total. The molecule has 0 aliphatic rings. The average molecular weight is 440 g/mol. The zero-order valence-electron chi connectivity index (χ0n) is 15.9. The molecule has 3 rings (SSSR count). The Morgan fingerprint density at radius 3 is 1.48 bits per heavy atom. The van der Waals surface area contributed by atoms with Crippen molar-refractivity contribution in [2.45, 2.75) is 6.92 Å². The van der Waals surface area contributed by atoms with Gasteiger partial charge in [-0.05, 0) is 18.6 Å². The molecule has 0 saturated heterocycles. The molecule has 3 aromatic rings. The first-order chi connectivity index (χ1) is 14.4. The minimum Gasteiger partial charge on any atom is -0.206 e. The highest BCUT2D eigenvalue weighted by molar-refractivity contribution is 6.10. The van der Waals surface area contributed by atoms with Crippen LogP contribution < -0.4 is 20.9 Å². The Kier molecular flexibility index (Phi) is 5.29. The summed E-state index contributed by atoms with van der Waals surface area (Å²) >= 11 is 0.